The van der Waals surface area contributed by atoms with Crippen molar-refractivity contribution in [3.05, 3.63) is 40.2 Å². The van der Waals surface area contributed by atoms with E-state index in [4.69, 9.17) is 8.71 Å². The zero-order valence-corrected chi connectivity index (χ0v) is 20.2. The summed E-state index contributed by atoms with van der Waals surface area (Å²) in [6.07, 6.45) is 4.85. The van der Waals surface area contributed by atoms with Gasteiger partial charge in [0.25, 0.3) is 5.92 Å². The van der Waals surface area contributed by atoms with E-state index >= 15 is 8.78 Å². The Morgan fingerprint density at radius 1 is 1.34 bits per heavy atom. The molecule has 2 aliphatic heterocycles. The van der Waals surface area contributed by atoms with Gasteiger partial charge in [-0.15, -0.1) is 10.8 Å². The molecule has 0 spiro atoms. The Kier molecular flexibility index (Phi) is 5.81. The molecule has 5 rings (SSSR count). The first kappa shape index (κ1) is 24.3. The molecule has 0 bridgehead atoms. The molecule has 8 nitrogen and oxygen atoms in total. The van der Waals surface area contributed by atoms with Gasteiger partial charge in [-0.3, -0.25) is 13.6 Å². The second kappa shape index (κ2) is 8.36. The summed E-state index contributed by atoms with van der Waals surface area (Å²) in [5.41, 5.74) is 1.01. The van der Waals surface area contributed by atoms with Crippen molar-refractivity contribution >= 4 is 28.7 Å². The van der Waals surface area contributed by atoms with Crippen LogP contribution in [0.2, 0.25) is 0 Å². The van der Waals surface area contributed by atoms with Crippen LogP contribution in [0.1, 0.15) is 43.4 Å². The number of halogens is 4. The van der Waals surface area contributed by atoms with Gasteiger partial charge in [0.1, 0.15) is 23.7 Å². The highest BCUT2D eigenvalue weighted by Gasteiger charge is 2.63. The monoisotopic (exact) mass is 518 g/mol. The van der Waals surface area contributed by atoms with Crippen molar-refractivity contribution in [1.29, 1.82) is 0 Å². The molecule has 2 fully saturated rings. The van der Waals surface area contributed by atoms with Gasteiger partial charge in [0, 0.05) is 30.7 Å². The maximum absolute atomic E-state index is 15.3. The number of aromatic nitrogens is 1. The fourth-order valence-corrected chi connectivity index (χ4v) is 6.12. The van der Waals surface area contributed by atoms with E-state index in [9.17, 15) is 18.1 Å². The number of fused-ring (bicyclic) bond motifs is 2. The van der Waals surface area contributed by atoms with Crippen molar-refractivity contribution in [3.63, 3.8) is 0 Å². The summed E-state index contributed by atoms with van der Waals surface area (Å²) in [5.74, 6) is -5.20. The Labute approximate surface area is 201 Å². The van der Waals surface area contributed by atoms with E-state index in [2.05, 4.69) is 9.88 Å². The molecule has 2 unspecified atom stereocenters. The molecule has 4 aliphatic rings. The Morgan fingerprint density at radius 3 is 2.74 bits per heavy atom. The third-order valence-corrected chi connectivity index (χ3v) is 8.38. The first-order valence-electron chi connectivity index (χ1n) is 11.2. The zero-order valence-electron chi connectivity index (χ0n) is 19.4. The van der Waals surface area contributed by atoms with Crippen molar-refractivity contribution in [3.8, 4) is 0 Å². The lowest BCUT2D eigenvalue weighted by atomic mass is 9.79. The second-order valence-corrected chi connectivity index (χ2v) is 11.5. The van der Waals surface area contributed by atoms with Crippen molar-refractivity contribution in [2.45, 2.75) is 50.1 Å². The van der Waals surface area contributed by atoms with E-state index < -0.39 is 58.9 Å². The predicted molar refractivity (Wildman–Crippen MR) is 122 cm³/mol. The molecule has 2 N–H and O–H groups in total. The number of nitrogens with one attached hydrogen (secondary N) is 1. The predicted octanol–water partition coefficient (Wildman–Crippen LogP) is 5.04. The number of alkyl halides is 2. The van der Waals surface area contributed by atoms with Crippen LogP contribution in [0.25, 0.3) is 6.08 Å². The lowest BCUT2D eigenvalue weighted by Gasteiger charge is -2.37. The molecule has 1 aromatic heterocycles. The minimum absolute atomic E-state index is 0.0124. The number of allylic oxidation sites excluding steroid dienone is 5. The largest absolute Gasteiger partial charge is 0.354 e. The van der Waals surface area contributed by atoms with E-state index in [0.717, 1.165) is 15.4 Å². The second-order valence-electron chi connectivity index (χ2n) is 9.32. The van der Waals surface area contributed by atoms with Crippen molar-refractivity contribution < 1.29 is 35.6 Å². The van der Waals surface area contributed by atoms with Gasteiger partial charge in [0.15, 0.2) is 11.6 Å². The highest BCUT2D eigenvalue weighted by Crippen LogP contribution is 2.50. The molecule has 1 aromatic rings. The maximum Gasteiger partial charge on any atom is 0.326 e. The summed E-state index contributed by atoms with van der Waals surface area (Å²) in [5, 5.41) is 3.98. The molecule has 4 atom stereocenters. The minimum atomic E-state index is -3.38. The standard InChI is InChI=1S/C22H26F4N4O4S/c1-11-7-12(18-13(23)5-4-6-14(18)24)19-15(8-11)34-27-20(19)30-10-17-22(25,26)16(9-29(17)21(30)31)28-35(3,32)33-2/h5,8,12,16-17,28,32H,4,6-7,9-10H2,1-3H3/t12?,16-,17-/m1/s1. The van der Waals surface area contributed by atoms with Gasteiger partial charge in [-0.05, 0) is 31.9 Å². The van der Waals surface area contributed by atoms with Crippen LogP contribution in [0, 0.1) is 0 Å². The minimum Gasteiger partial charge on any atom is -0.354 e. The number of anilines is 1. The molecule has 0 radical (unpaired) electrons. The topological polar surface area (TPSA) is 91.1 Å². The third kappa shape index (κ3) is 3.88. The average molecular weight is 519 g/mol. The molecule has 13 heteroatoms. The smallest absolute Gasteiger partial charge is 0.326 e. The Hall–Kier alpha value is -2.35. The number of amides is 2. The third-order valence-electron chi connectivity index (χ3n) is 7.01. The summed E-state index contributed by atoms with van der Waals surface area (Å²) < 4.78 is 82.9. The molecule has 0 saturated carbocycles. The van der Waals surface area contributed by atoms with Gasteiger partial charge in [-0.2, -0.15) is 0 Å². The van der Waals surface area contributed by atoms with E-state index in [1.54, 1.807) is 13.0 Å². The van der Waals surface area contributed by atoms with Crippen molar-refractivity contribution in [1.82, 2.24) is 14.8 Å². The van der Waals surface area contributed by atoms with Gasteiger partial charge >= 0.3 is 6.03 Å². The Balaban J connectivity index is 1.48. The maximum atomic E-state index is 15.3. The molecule has 192 valence electrons. The lowest BCUT2D eigenvalue weighted by molar-refractivity contribution is -0.0330. The van der Waals surface area contributed by atoms with E-state index in [0.29, 0.717) is 5.56 Å². The fourth-order valence-electron chi connectivity index (χ4n) is 5.26. The van der Waals surface area contributed by atoms with Gasteiger partial charge in [0.2, 0.25) is 0 Å². The summed E-state index contributed by atoms with van der Waals surface area (Å²) in [6.45, 7) is 1.03. The average Bonchev–Trinajstić information content (AvgIpc) is 3.40. The molecule has 2 saturated heterocycles. The number of carbonyl (C=O) groups excluding carboxylic acids is 1. The van der Waals surface area contributed by atoms with Crippen LogP contribution in [0.3, 0.4) is 0 Å². The summed E-state index contributed by atoms with van der Waals surface area (Å²) in [7, 11) is -1.72. The summed E-state index contributed by atoms with van der Waals surface area (Å²) in [4.78, 5) is 15.4. The lowest BCUT2D eigenvalue weighted by Crippen LogP contribution is -2.49. The number of hydrogen-bond donors (Lipinski definition) is 2. The number of urea groups is 1. The van der Waals surface area contributed by atoms with Gasteiger partial charge in [-0.25, -0.2) is 27.1 Å². The van der Waals surface area contributed by atoms with E-state index in [1.807, 2.05) is 0 Å². The normalized spacial score (nSPS) is 30.6. The summed E-state index contributed by atoms with van der Waals surface area (Å²) >= 11 is 0. The number of nitrogens with zero attached hydrogens (tertiary/aromatic N) is 3. The highest BCUT2D eigenvalue weighted by molar-refractivity contribution is 8.22. The van der Waals surface area contributed by atoms with Crippen LogP contribution in [-0.2, 0) is 4.18 Å². The van der Waals surface area contributed by atoms with Crippen molar-refractivity contribution in [2.75, 3.05) is 31.4 Å². The SMILES string of the molecule is COS(C)(O)N[C@@H]1CN2C(=O)N(c3noc4c3C(C3=C(F)CCC=C3F)CC(C)=C4)C[C@@H]2C1(F)F. The quantitative estimate of drug-likeness (QED) is 0.531. The van der Waals surface area contributed by atoms with Crippen LogP contribution >= 0.6 is 10.8 Å². The van der Waals surface area contributed by atoms with Gasteiger partial charge in [0.05, 0.1) is 19.2 Å². The number of rotatable bonds is 5. The Bertz CT molecular complexity index is 1160. The van der Waals surface area contributed by atoms with Crippen LogP contribution < -0.4 is 9.62 Å². The number of hydrogen-bond acceptors (Lipinski definition) is 6. The molecule has 2 aliphatic carbocycles. The zero-order chi connectivity index (χ0) is 25.3. The molecule has 0 aromatic carbocycles. The van der Waals surface area contributed by atoms with Crippen molar-refractivity contribution in [2.24, 2.45) is 0 Å². The van der Waals surface area contributed by atoms with Crippen LogP contribution in [0.5, 0.6) is 0 Å². The fraction of sp³-hybridized carbons (Fsp3) is 0.545. The van der Waals surface area contributed by atoms with Crippen LogP contribution in [0.4, 0.5) is 28.2 Å². The van der Waals surface area contributed by atoms with Crippen LogP contribution in [0.15, 0.2) is 33.4 Å². The van der Waals surface area contributed by atoms with Crippen LogP contribution in [-0.4, -0.2) is 65.1 Å². The number of carbonyl (C=O) groups is 1. The molecule has 35 heavy (non-hydrogen) atoms. The first-order chi connectivity index (χ1) is 16.4. The van der Waals surface area contributed by atoms with Gasteiger partial charge < -0.3 is 9.42 Å². The van der Waals surface area contributed by atoms with Gasteiger partial charge in [-0.1, -0.05) is 10.7 Å². The first-order valence-corrected chi connectivity index (χ1v) is 13.1. The highest BCUT2D eigenvalue weighted by atomic mass is 32.3. The molecule has 3 heterocycles. The van der Waals surface area contributed by atoms with E-state index in [-0.39, 0.29) is 43.0 Å². The Morgan fingerprint density at radius 2 is 2.09 bits per heavy atom. The molecular weight excluding hydrogens is 492 g/mol. The molecule has 2 amide bonds. The molecular formula is C22H26F4N4O4S. The summed E-state index contributed by atoms with van der Waals surface area (Å²) in [6, 6.07) is -3.72. The van der Waals surface area contributed by atoms with E-state index in [1.165, 1.54) is 19.4 Å².